The molecule has 0 radical (unpaired) electrons. The summed E-state index contributed by atoms with van der Waals surface area (Å²) in [4.78, 5) is 1.37. The van der Waals surface area contributed by atoms with Gasteiger partial charge in [-0.1, -0.05) is 0 Å². The quantitative estimate of drug-likeness (QED) is 0.875. The number of methoxy groups -OCH3 is 2. The van der Waals surface area contributed by atoms with Crippen LogP contribution in [0.3, 0.4) is 0 Å². The molecule has 0 aliphatic carbocycles. The molecule has 1 N–H and O–H groups in total. The average Bonchev–Trinajstić information content (AvgIpc) is 2.89. The molecule has 108 valence electrons. The number of hydrogen-bond acceptors (Lipinski definition) is 4. The van der Waals surface area contributed by atoms with Gasteiger partial charge in [-0.15, -0.1) is 11.3 Å². The van der Waals surface area contributed by atoms with E-state index in [0.717, 1.165) is 23.6 Å². The van der Waals surface area contributed by atoms with E-state index < -0.39 is 0 Å². The second kappa shape index (κ2) is 6.77. The van der Waals surface area contributed by atoms with E-state index in [4.69, 9.17) is 9.47 Å². The summed E-state index contributed by atoms with van der Waals surface area (Å²) < 4.78 is 10.7. The van der Waals surface area contributed by atoms with Gasteiger partial charge in [-0.25, -0.2) is 0 Å². The monoisotopic (exact) mass is 291 g/mol. The van der Waals surface area contributed by atoms with Crippen LogP contribution in [0.5, 0.6) is 11.5 Å². The topological polar surface area (TPSA) is 30.5 Å². The van der Waals surface area contributed by atoms with Gasteiger partial charge >= 0.3 is 0 Å². The van der Waals surface area contributed by atoms with Crippen LogP contribution in [0.2, 0.25) is 0 Å². The molecule has 20 heavy (non-hydrogen) atoms. The second-order valence-electron chi connectivity index (χ2n) is 4.74. The molecular formula is C16H21NO2S. The van der Waals surface area contributed by atoms with Gasteiger partial charge in [0.1, 0.15) is 11.5 Å². The van der Waals surface area contributed by atoms with Crippen LogP contribution < -0.4 is 14.8 Å². The lowest BCUT2D eigenvalue weighted by molar-refractivity contribution is 0.391. The first-order chi connectivity index (χ1) is 9.65. The second-order valence-corrected chi connectivity index (χ2v) is 5.74. The Morgan fingerprint density at radius 1 is 1.20 bits per heavy atom. The zero-order chi connectivity index (χ0) is 14.5. The third-order valence-corrected chi connectivity index (χ3v) is 4.46. The fourth-order valence-corrected chi connectivity index (χ4v) is 2.98. The lowest BCUT2D eigenvalue weighted by Crippen LogP contribution is -2.18. The smallest absolute Gasteiger partial charge is 0.123 e. The van der Waals surface area contributed by atoms with Crippen molar-refractivity contribution in [3.8, 4) is 11.5 Å². The van der Waals surface area contributed by atoms with Crippen molar-refractivity contribution in [2.24, 2.45) is 0 Å². The van der Waals surface area contributed by atoms with Crippen molar-refractivity contribution in [2.45, 2.75) is 26.4 Å². The molecule has 2 aromatic rings. The van der Waals surface area contributed by atoms with Crippen LogP contribution in [0.15, 0.2) is 29.6 Å². The molecule has 4 heteroatoms. The Morgan fingerprint density at radius 3 is 2.60 bits per heavy atom. The molecule has 1 atom stereocenters. The van der Waals surface area contributed by atoms with Crippen molar-refractivity contribution in [3.05, 3.63) is 45.6 Å². The number of rotatable bonds is 6. The minimum Gasteiger partial charge on any atom is -0.497 e. The third-order valence-electron chi connectivity index (χ3n) is 3.44. The van der Waals surface area contributed by atoms with Gasteiger partial charge in [0.2, 0.25) is 0 Å². The highest BCUT2D eigenvalue weighted by Gasteiger charge is 2.13. The van der Waals surface area contributed by atoms with Crippen molar-refractivity contribution < 1.29 is 9.47 Å². The number of nitrogens with one attached hydrogen (secondary N) is 1. The van der Waals surface area contributed by atoms with Gasteiger partial charge < -0.3 is 14.8 Å². The molecule has 2 rings (SSSR count). The van der Waals surface area contributed by atoms with E-state index in [1.807, 2.05) is 18.2 Å². The molecule has 3 nitrogen and oxygen atoms in total. The molecule has 1 aromatic carbocycles. The zero-order valence-electron chi connectivity index (χ0n) is 12.4. The molecule has 0 saturated carbocycles. The van der Waals surface area contributed by atoms with Crippen molar-refractivity contribution in [1.29, 1.82) is 0 Å². The van der Waals surface area contributed by atoms with Crippen LogP contribution in [0.1, 0.15) is 29.0 Å². The summed E-state index contributed by atoms with van der Waals surface area (Å²) in [5.41, 5.74) is 2.45. The van der Waals surface area contributed by atoms with E-state index in [9.17, 15) is 0 Å². The molecular weight excluding hydrogens is 270 g/mol. The Morgan fingerprint density at radius 2 is 2.00 bits per heavy atom. The molecule has 0 aliphatic heterocycles. The summed E-state index contributed by atoms with van der Waals surface area (Å²) in [7, 11) is 3.38. The largest absolute Gasteiger partial charge is 0.497 e. The summed E-state index contributed by atoms with van der Waals surface area (Å²) in [5.74, 6) is 1.73. The van der Waals surface area contributed by atoms with Gasteiger partial charge in [0.15, 0.2) is 0 Å². The standard InChI is InChI=1S/C16H21NO2S/c1-11-7-8-20-16(11)10-17-12(2)14-9-13(18-3)5-6-15(14)19-4/h5-9,12,17H,10H2,1-4H3. The Labute approximate surface area is 124 Å². The lowest BCUT2D eigenvalue weighted by atomic mass is 10.1. The van der Waals surface area contributed by atoms with Crippen molar-refractivity contribution in [2.75, 3.05) is 14.2 Å². The summed E-state index contributed by atoms with van der Waals surface area (Å²) >= 11 is 1.79. The summed E-state index contributed by atoms with van der Waals surface area (Å²) in [6.45, 7) is 5.15. The van der Waals surface area contributed by atoms with Crippen LogP contribution in [0.4, 0.5) is 0 Å². The molecule has 0 fully saturated rings. The number of aryl methyl sites for hydroxylation is 1. The highest BCUT2D eigenvalue weighted by molar-refractivity contribution is 7.10. The highest BCUT2D eigenvalue weighted by atomic mass is 32.1. The van der Waals surface area contributed by atoms with Crippen LogP contribution in [-0.2, 0) is 6.54 Å². The van der Waals surface area contributed by atoms with E-state index in [1.54, 1.807) is 25.6 Å². The third kappa shape index (κ3) is 3.32. The fourth-order valence-electron chi connectivity index (χ4n) is 2.12. The Kier molecular flexibility index (Phi) is 5.04. The Bertz CT molecular complexity index is 565. The fraction of sp³-hybridized carbons (Fsp3) is 0.375. The highest BCUT2D eigenvalue weighted by Crippen LogP contribution is 2.29. The van der Waals surface area contributed by atoms with Crippen LogP contribution in [0.25, 0.3) is 0 Å². The molecule has 0 amide bonds. The number of hydrogen-bond donors (Lipinski definition) is 1. The number of ether oxygens (including phenoxy) is 2. The van der Waals surface area contributed by atoms with Gasteiger partial charge in [0, 0.05) is 23.0 Å². The summed E-state index contributed by atoms with van der Waals surface area (Å²) in [5, 5.41) is 5.67. The maximum atomic E-state index is 5.43. The number of thiophene rings is 1. The van der Waals surface area contributed by atoms with E-state index in [2.05, 4.69) is 30.6 Å². The Hall–Kier alpha value is -1.52. The van der Waals surface area contributed by atoms with Crippen molar-refractivity contribution in [1.82, 2.24) is 5.32 Å². The minimum absolute atomic E-state index is 0.196. The Balaban J connectivity index is 2.11. The van der Waals surface area contributed by atoms with E-state index in [-0.39, 0.29) is 6.04 Å². The maximum absolute atomic E-state index is 5.43. The van der Waals surface area contributed by atoms with Crippen LogP contribution in [0, 0.1) is 6.92 Å². The molecule has 1 aromatic heterocycles. The van der Waals surface area contributed by atoms with Crippen LogP contribution >= 0.6 is 11.3 Å². The predicted molar refractivity (Wildman–Crippen MR) is 83.9 cm³/mol. The predicted octanol–water partition coefficient (Wildman–Crippen LogP) is 3.92. The summed E-state index contributed by atoms with van der Waals surface area (Å²) in [6.07, 6.45) is 0. The normalized spacial score (nSPS) is 12.2. The molecule has 0 aliphatic rings. The first-order valence-corrected chi connectivity index (χ1v) is 7.52. The van der Waals surface area contributed by atoms with Gasteiger partial charge in [0.25, 0.3) is 0 Å². The minimum atomic E-state index is 0.196. The van der Waals surface area contributed by atoms with Gasteiger partial charge in [-0.2, -0.15) is 0 Å². The maximum Gasteiger partial charge on any atom is 0.123 e. The van der Waals surface area contributed by atoms with E-state index in [0.29, 0.717) is 0 Å². The molecule has 0 spiro atoms. The van der Waals surface area contributed by atoms with Gasteiger partial charge in [-0.3, -0.25) is 0 Å². The zero-order valence-corrected chi connectivity index (χ0v) is 13.2. The lowest BCUT2D eigenvalue weighted by Gasteiger charge is -2.18. The molecule has 1 heterocycles. The first kappa shape index (κ1) is 14.9. The number of benzene rings is 1. The van der Waals surface area contributed by atoms with Crippen molar-refractivity contribution in [3.63, 3.8) is 0 Å². The van der Waals surface area contributed by atoms with Crippen molar-refractivity contribution >= 4 is 11.3 Å². The molecule has 0 saturated heterocycles. The van der Waals surface area contributed by atoms with Crippen LogP contribution in [-0.4, -0.2) is 14.2 Å². The van der Waals surface area contributed by atoms with Gasteiger partial charge in [-0.05, 0) is 49.1 Å². The van der Waals surface area contributed by atoms with E-state index >= 15 is 0 Å². The van der Waals surface area contributed by atoms with E-state index in [1.165, 1.54) is 10.4 Å². The molecule has 1 unspecified atom stereocenters. The SMILES string of the molecule is COc1ccc(OC)c(C(C)NCc2sccc2C)c1. The first-order valence-electron chi connectivity index (χ1n) is 6.64. The molecule has 0 bridgehead atoms. The average molecular weight is 291 g/mol. The van der Waals surface area contributed by atoms with Gasteiger partial charge in [0.05, 0.1) is 14.2 Å². The summed E-state index contributed by atoms with van der Waals surface area (Å²) in [6, 6.07) is 8.24.